The molecule has 0 saturated carbocycles. The first-order chi connectivity index (χ1) is 7.70. The highest BCUT2D eigenvalue weighted by Gasteiger charge is 2.11. The van der Waals surface area contributed by atoms with E-state index in [0.29, 0.717) is 5.69 Å². The maximum atomic E-state index is 12.9. The largest absolute Gasteiger partial charge is 0.464 e. The highest BCUT2D eigenvalue weighted by Crippen LogP contribution is 2.08. The second-order valence-corrected chi connectivity index (χ2v) is 3.02. The van der Waals surface area contributed by atoms with Crippen molar-refractivity contribution in [3.63, 3.8) is 0 Å². The van der Waals surface area contributed by atoms with Gasteiger partial charge in [-0.1, -0.05) is 11.3 Å². The monoisotopic (exact) mass is 221 g/mol. The lowest BCUT2D eigenvalue weighted by atomic mass is 10.3. The number of ether oxygens (including phenoxy) is 1. The summed E-state index contributed by atoms with van der Waals surface area (Å²) in [4.78, 5) is 11.1. The molecule has 1 aromatic heterocycles. The highest BCUT2D eigenvalue weighted by atomic mass is 19.1. The maximum Gasteiger partial charge on any atom is 0.360 e. The van der Waals surface area contributed by atoms with Gasteiger partial charge in [-0.15, -0.1) is 5.10 Å². The lowest BCUT2D eigenvalue weighted by Crippen LogP contribution is -2.01. The van der Waals surface area contributed by atoms with Crippen molar-refractivity contribution < 1.29 is 13.9 Å². The number of benzene rings is 1. The minimum Gasteiger partial charge on any atom is -0.464 e. The van der Waals surface area contributed by atoms with Crippen LogP contribution in [0.15, 0.2) is 30.5 Å². The summed E-state index contributed by atoms with van der Waals surface area (Å²) >= 11 is 0. The molecule has 0 aliphatic rings. The Morgan fingerprint density at radius 3 is 3.00 bits per heavy atom. The van der Waals surface area contributed by atoms with Crippen LogP contribution in [-0.4, -0.2) is 28.1 Å². The number of methoxy groups -OCH3 is 1. The lowest BCUT2D eigenvalue weighted by molar-refractivity contribution is 0.0594. The molecule has 2 aromatic rings. The molecule has 0 unspecified atom stereocenters. The van der Waals surface area contributed by atoms with Gasteiger partial charge in [0.05, 0.1) is 19.0 Å². The third-order valence-corrected chi connectivity index (χ3v) is 1.96. The van der Waals surface area contributed by atoms with Crippen molar-refractivity contribution in [3.05, 3.63) is 42.0 Å². The Labute approximate surface area is 90.5 Å². The van der Waals surface area contributed by atoms with Crippen LogP contribution in [0.2, 0.25) is 0 Å². The van der Waals surface area contributed by atoms with Crippen LogP contribution in [0.3, 0.4) is 0 Å². The van der Waals surface area contributed by atoms with Crippen LogP contribution in [0.5, 0.6) is 0 Å². The van der Waals surface area contributed by atoms with Gasteiger partial charge in [-0.05, 0) is 18.2 Å². The van der Waals surface area contributed by atoms with Crippen molar-refractivity contribution in [1.82, 2.24) is 15.0 Å². The van der Waals surface area contributed by atoms with Crippen LogP contribution < -0.4 is 0 Å². The second-order valence-electron chi connectivity index (χ2n) is 3.02. The molecular formula is C10H8FN3O2. The number of hydrogen-bond acceptors (Lipinski definition) is 4. The van der Waals surface area contributed by atoms with E-state index in [1.54, 1.807) is 12.1 Å². The predicted octanol–water partition coefficient (Wildman–Crippen LogP) is 1.19. The van der Waals surface area contributed by atoms with E-state index in [4.69, 9.17) is 0 Å². The Balaban J connectivity index is 2.35. The van der Waals surface area contributed by atoms with Crippen molar-refractivity contribution in [2.24, 2.45) is 0 Å². The molecule has 0 aliphatic carbocycles. The zero-order chi connectivity index (χ0) is 11.5. The average Bonchev–Trinajstić information content (AvgIpc) is 2.77. The average molecular weight is 221 g/mol. The van der Waals surface area contributed by atoms with Crippen molar-refractivity contribution in [2.75, 3.05) is 7.11 Å². The van der Waals surface area contributed by atoms with E-state index in [1.807, 2.05) is 0 Å². The molecule has 6 heteroatoms. The summed E-state index contributed by atoms with van der Waals surface area (Å²) < 4.78 is 18.7. The Morgan fingerprint density at radius 2 is 2.31 bits per heavy atom. The van der Waals surface area contributed by atoms with Crippen LogP contribution in [-0.2, 0) is 4.74 Å². The molecule has 1 heterocycles. The number of carbonyl (C=O) groups is 1. The van der Waals surface area contributed by atoms with Gasteiger partial charge in [-0.25, -0.2) is 13.9 Å². The smallest absolute Gasteiger partial charge is 0.360 e. The zero-order valence-corrected chi connectivity index (χ0v) is 8.42. The molecule has 1 aromatic carbocycles. The van der Waals surface area contributed by atoms with Gasteiger partial charge < -0.3 is 4.74 Å². The molecule has 5 nitrogen and oxygen atoms in total. The molecule has 0 fully saturated rings. The van der Waals surface area contributed by atoms with E-state index in [1.165, 1.54) is 30.1 Å². The molecule has 0 radical (unpaired) electrons. The summed E-state index contributed by atoms with van der Waals surface area (Å²) in [6.07, 6.45) is 1.38. The lowest BCUT2D eigenvalue weighted by Gasteiger charge is -1.98. The van der Waals surface area contributed by atoms with E-state index >= 15 is 0 Å². The van der Waals surface area contributed by atoms with E-state index in [0.717, 1.165) is 0 Å². The van der Waals surface area contributed by atoms with E-state index in [9.17, 15) is 9.18 Å². The van der Waals surface area contributed by atoms with Gasteiger partial charge in [0.25, 0.3) is 0 Å². The minimum atomic E-state index is -0.581. The molecule has 0 atom stereocenters. The molecule has 0 saturated heterocycles. The first kappa shape index (κ1) is 10.3. The van der Waals surface area contributed by atoms with Gasteiger partial charge in [0.15, 0.2) is 5.69 Å². The number of carbonyl (C=O) groups excluding carboxylic acids is 1. The van der Waals surface area contributed by atoms with Gasteiger partial charge in [-0.2, -0.15) is 0 Å². The number of rotatable bonds is 2. The predicted molar refractivity (Wildman–Crippen MR) is 52.7 cm³/mol. The first-order valence-electron chi connectivity index (χ1n) is 4.47. The molecule has 2 rings (SSSR count). The fraction of sp³-hybridized carbons (Fsp3) is 0.100. The number of esters is 1. The number of aromatic nitrogens is 3. The van der Waals surface area contributed by atoms with E-state index in [-0.39, 0.29) is 11.5 Å². The van der Waals surface area contributed by atoms with E-state index < -0.39 is 5.97 Å². The molecule has 82 valence electrons. The van der Waals surface area contributed by atoms with Gasteiger partial charge >= 0.3 is 5.97 Å². The Hall–Kier alpha value is -2.24. The number of hydrogen-bond donors (Lipinski definition) is 0. The second kappa shape index (κ2) is 4.09. The van der Waals surface area contributed by atoms with Crippen LogP contribution >= 0.6 is 0 Å². The van der Waals surface area contributed by atoms with Gasteiger partial charge in [0.1, 0.15) is 5.82 Å². The summed E-state index contributed by atoms with van der Waals surface area (Å²) in [5, 5.41) is 7.30. The van der Waals surface area contributed by atoms with Crippen LogP contribution in [0.4, 0.5) is 4.39 Å². The van der Waals surface area contributed by atoms with Gasteiger partial charge in [0, 0.05) is 0 Å². The Kier molecular flexibility index (Phi) is 2.63. The summed E-state index contributed by atoms with van der Waals surface area (Å²) in [7, 11) is 1.25. The standard InChI is InChI=1S/C10H8FN3O2/c1-16-10(15)9-6-14(13-12-9)8-4-2-3-7(11)5-8/h2-6H,1H3. The summed E-state index contributed by atoms with van der Waals surface area (Å²) in [6, 6.07) is 5.81. The topological polar surface area (TPSA) is 57.0 Å². The Morgan fingerprint density at radius 1 is 1.50 bits per heavy atom. The highest BCUT2D eigenvalue weighted by molar-refractivity contribution is 5.86. The minimum absolute atomic E-state index is 0.0757. The molecular weight excluding hydrogens is 213 g/mol. The maximum absolute atomic E-state index is 12.9. The quantitative estimate of drug-likeness (QED) is 0.715. The van der Waals surface area contributed by atoms with Crippen molar-refractivity contribution in [3.8, 4) is 5.69 Å². The van der Waals surface area contributed by atoms with Crippen LogP contribution in [0.25, 0.3) is 5.69 Å². The molecule has 0 amide bonds. The molecule has 0 bridgehead atoms. The third-order valence-electron chi connectivity index (χ3n) is 1.96. The summed E-state index contributed by atoms with van der Waals surface area (Å²) in [6.45, 7) is 0. The SMILES string of the molecule is COC(=O)c1cn(-c2cccc(F)c2)nn1. The molecule has 0 N–H and O–H groups in total. The van der Waals surface area contributed by atoms with Gasteiger partial charge in [-0.3, -0.25) is 0 Å². The van der Waals surface area contributed by atoms with Crippen LogP contribution in [0, 0.1) is 5.82 Å². The van der Waals surface area contributed by atoms with Crippen molar-refractivity contribution in [2.45, 2.75) is 0 Å². The summed E-state index contributed by atoms with van der Waals surface area (Å²) in [5.74, 6) is -0.963. The first-order valence-corrected chi connectivity index (χ1v) is 4.47. The van der Waals surface area contributed by atoms with E-state index in [2.05, 4.69) is 15.0 Å². The molecule has 0 aliphatic heterocycles. The Bertz CT molecular complexity index is 524. The van der Waals surface area contributed by atoms with Crippen molar-refractivity contribution in [1.29, 1.82) is 0 Å². The molecule has 16 heavy (non-hydrogen) atoms. The fourth-order valence-electron chi connectivity index (χ4n) is 1.21. The zero-order valence-electron chi connectivity index (χ0n) is 8.42. The molecule has 0 spiro atoms. The fourth-order valence-corrected chi connectivity index (χ4v) is 1.21. The van der Waals surface area contributed by atoms with Crippen molar-refractivity contribution >= 4 is 5.97 Å². The van der Waals surface area contributed by atoms with Crippen LogP contribution in [0.1, 0.15) is 10.5 Å². The number of halogens is 1. The third kappa shape index (κ3) is 1.90. The summed E-state index contributed by atoms with van der Waals surface area (Å²) in [5.41, 5.74) is 0.564. The normalized spacial score (nSPS) is 10.1. The van der Waals surface area contributed by atoms with Gasteiger partial charge in [0.2, 0.25) is 0 Å². The number of nitrogens with zero attached hydrogens (tertiary/aromatic N) is 3.